The lowest BCUT2D eigenvalue weighted by Crippen LogP contribution is -2.50. The highest BCUT2D eigenvalue weighted by Gasteiger charge is 2.28. The van der Waals surface area contributed by atoms with Gasteiger partial charge in [-0.2, -0.15) is 5.26 Å². The maximum absolute atomic E-state index is 12.6. The molecule has 0 bridgehead atoms. The first-order chi connectivity index (χ1) is 14.8. The van der Waals surface area contributed by atoms with Crippen molar-refractivity contribution < 1.29 is 4.79 Å². The van der Waals surface area contributed by atoms with Gasteiger partial charge < -0.3 is 19.7 Å². The number of amides is 2. The molecule has 4 heterocycles. The number of hydrogen-bond acceptors (Lipinski definition) is 5. The lowest BCUT2D eigenvalue weighted by atomic mass is 10.1. The summed E-state index contributed by atoms with van der Waals surface area (Å²) in [5.74, 6) is 0.868. The highest BCUT2D eigenvalue weighted by Crippen LogP contribution is 2.34. The Balaban J connectivity index is 1.37. The number of rotatable bonds is 2. The van der Waals surface area contributed by atoms with E-state index in [1.165, 1.54) is 0 Å². The average molecular weight is 401 g/mol. The molecule has 1 fully saturated rings. The first kappa shape index (κ1) is 18.4. The van der Waals surface area contributed by atoms with E-state index in [2.05, 4.69) is 30.8 Å². The molecule has 5 rings (SSSR count). The van der Waals surface area contributed by atoms with Crippen LogP contribution in [-0.2, 0) is 13.0 Å². The second-order valence-electron chi connectivity index (χ2n) is 7.71. The quantitative estimate of drug-likeness (QED) is 0.713. The molecule has 0 atom stereocenters. The molecule has 2 aromatic heterocycles. The second kappa shape index (κ2) is 7.67. The molecule has 1 N–H and O–H groups in total. The molecule has 8 nitrogen and oxygen atoms in total. The Morgan fingerprint density at radius 2 is 1.83 bits per heavy atom. The Kier molecular flexibility index (Phi) is 4.71. The number of benzene rings is 1. The van der Waals surface area contributed by atoms with E-state index in [4.69, 9.17) is 0 Å². The number of fused-ring (bicyclic) bond motifs is 3. The lowest BCUT2D eigenvalue weighted by molar-refractivity contribution is 0.208. The van der Waals surface area contributed by atoms with Crippen LogP contribution in [0.1, 0.15) is 24.1 Å². The fourth-order valence-electron chi connectivity index (χ4n) is 4.47. The zero-order valence-corrected chi connectivity index (χ0v) is 16.7. The molecule has 2 amide bonds. The van der Waals surface area contributed by atoms with Gasteiger partial charge >= 0.3 is 6.03 Å². The predicted octanol–water partition coefficient (Wildman–Crippen LogP) is 2.99. The zero-order chi connectivity index (χ0) is 20.5. The van der Waals surface area contributed by atoms with Crippen LogP contribution >= 0.6 is 0 Å². The van der Waals surface area contributed by atoms with Crippen LogP contribution in [0.25, 0.3) is 11.0 Å². The number of carbonyl (C=O) groups is 1. The summed E-state index contributed by atoms with van der Waals surface area (Å²) in [5, 5.41) is 12.7. The topological polar surface area (TPSA) is 90.1 Å². The molecule has 30 heavy (non-hydrogen) atoms. The van der Waals surface area contributed by atoms with Crippen molar-refractivity contribution in [1.82, 2.24) is 19.4 Å². The van der Waals surface area contributed by atoms with Crippen molar-refractivity contribution in [1.29, 1.82) is 5.26 Å². The van der Waals surface area contributed by atoms with Crippen LogP contribution in [0.15, 0.2) is 36.7 Å². The summed E-state index contributed by atoms with van der Waals surface area (Å²) in [6.07, 6.45) is 4.66. The molecular weight excluding hydrogens is 378 g/mol. The number of para-hydroxylation sites is 1. The van der Waals surface area contributed by atoms with Gasteiger partial charge in [-0.15, -0.1) is 0 Å². The van der Waals surface area contributed by atoms with Crippen molar-refractivity contribution in [3.05, 3.63) is 47.9 Å². The number of nitrogens with zero attached hydrogens (tertiary/aromatic N) is 6. The van der Waals surface area contributed by atoms with Gasteiger partial charge in [0.1, 0.15) is 23.4 Å². The summed E-state index contributed by atoms with van der Waals surface area (Å²) in [5.41, 5.74) is 4.29. The number of carbonyl (C=O) groups excluding carboxylic acids is 1. The van der Waals surface area contributed by atoms with Crippen molar-refractivity contribution in [2.75, 3.05) is 36.4 Å². The molecule has 152 valence electrons. The normalized spacial score (nSPS) is 16.2. The number of aryl methyl sites for hydroxylation is 1. The Bertz CT molecular complexity index is 1120. The molecule has 2 aliphatic heterocycles. The van der Waals surface area contributed by atoms with E-state index in [9.17, 15) is 10.1 Å². The molecule has 8 heteroatoms. The maximum Gasteiger partial charge on any atom is 0.321 e. The summed E-state index contributed by atoms with van der Waals surface area (Å²) < 4.78 is 2.24. The van der Waals surface area contributed by atoms with E-state index < -0.39 is 0 Å². The van der Waals surface area contributed by atoms with Crippen LogP contribution in [0.4, 0.5) is 16.3 Å². The Morgan fingerprint density at radius 1 is 1.03 bits per heavy atom. The molecule has 0 unspecified atom stereocenters. The fraction of sp³-hybridized carbons (Fsp3) is 0.364. The monoisotopic (exact) mass is 401 g/mol. The molecular formula is C22H23N7O. The van der Waals surface area contributed by atoms with Gasteiger partial charge in [0.25, 0.3) is 0 Å². The van der Waals surface area contributed by atoms with Crippen LogP contribution in [0, 0.1) is 11.3 Å². The first-order valence-electron chi connectivity index (χ1n) is 10.4. The minimum atomic E-state index is -0.0829. The second-order valence-corrected chi connectivity index (χ2v) is 7.71. The van der Waals surface area contributed by atoms with Crippen LogP contribution < -0.4 is 10.2 Å². The van der Waals surface area contributed by atoms with Gasteiger partial charge in [0.05, 0.1) is 5.56 Å². The summed E-state index contributed by atoms with van der Waals surface area (Å²) in [4.78, 5) is 25.7. The highest BCUT2D eigenvalue weighted by atomic mass is 16.2. The van der Waals surface area contributed by atoms with E-state index in [0.29, 0.717) is 31.7 Å². The van der Waals surface area contributed by atoms with Crippen molar-refractivity contribution in [2.24, 2.45) is 0 Å². The summed E-state index contributed by atoms with van der Waals surface area (Å²) in [7, 11) is 0. The van der Waals surface area contributed by atoms with Gasteiger partial charge in [-0.05, 0) is 31.4 Å². The minimum absolute atomic E-state index is 0.0829. The van der Waals surface area contributed by atoms with Gasteiger partial charge in [0.2, 0.25) is 0 Å². The van der Waals surface area contributed by atoms with E-state index in [0.717, 1.165) is 54.0 Å². The fourth-order valence-corrected chi connectivity index (χ4v) is 4.47. The van der Waals surface area contributed by atoms with Gasteiger partial charge in [0.15, 0.2) is 5.82 Å². The van der Waals surface area contributed by atoms with Crippen molar-refractivity contribution >= 4 is 28.6 Å². The third-order valence-corrected chi connectivity index (χ3v) is 5.97. The van der Waals surface area contributed by atoms with E-state index in [-0.39, 0.29) is 6.03 Å². The summed E-state index contributed by atoms with van der Waals surface area (Å²) in [6.45, 7) is 3.51. The number of nitrogens with one attached hydrogen (secondary N) is 1. The number of anilines is 2. The number of urea groups is 1. The number of piperazine rings is 1. The molecule has 0 saturated carbocycles. The zero-order valence-electron chi connectivity index (χ0n) is 16.7. The standard InChI is InChI=1S/C22H23N7O/c23-14-17-18-8-4-5-9-29(18)20-19(17)24-15-25-21(20)27-10-12-28(13-11-27)22(30)26-16-6-2-1-3-7-16/h1-3,6-7,15H,4-5,8-13H2,(H,26,30). The minimum Gasteiger partial charge on any atom is -0.351 e. The third kappa shape index (κ3) is 3.12. The van der Waals surface area contributed by atoms with Gasteiger partial charge in [-0.25, -0.2) is 14.8 Å². The summed E-state index contributed by atoms with van der Waals surface area (Å²) >= 11 is 0. The maximum atomic E-state index is 12.6. The van der Waals surface area contributed by atoms with Gasteiger partial charge in [0, 0.05) is 44.1 Å². The smallest absolute Gasteiger partial charge is 0.321 e. The molecule has 1 saturated heterocycles. The number of aromatic nitrogens is 3. The highest BCUT2D eigenvalue weighted by molar-refractivity contribution is 5.93. The average Bonchev–Trinajstić information content (AvgIpc) is 3.13. The lowest BCUT2D eigenvalue weighted by Gasteiger charge is -2.35. The molecule has 3 aromatic rings. The molecule has 0 aliphatic carbocycles. The van der Waals surface area contributed by atoms with Crippen LogP contribution in [0.2, 0.25) is 0 Å². The first-order valence-corrected chi connectivity index (χ1v) is 10.4. The van der Waals surface area contributed by atoms with Crippen LogP contribution in [-0.4, -0.2) is 51.6 Å². The SMILES string of the molecule is N#Cc1c2n(c3c(N4CCN(C(=O)Nc5ccccc5)CC4)ncnc13)CCCC2. The largest absolute Gasteiger partial charge is 0.351 e. The van der Waals surface area contributed by atoms with Crippen LogP contribution in [0.3, 0.4) is 0 Å². The Morgan fingerprint density at radius 3 is 2.60 bits per heavy atom. The van der Waals surface area contributed by atoms with Crippen molar-refractivity contribution in [2.45, 2.75) is 25.8 Å². The Hall–Kier alpha value is -3.60. The van der Waals surface area contributed by atoms with Crippen molar-refractivity contribution in [3.63, 3.8) is 0 Å². The predicted molar refractivity (Wildman–Crippen MR) is 114 cm³/mol. The summed E-state index contributed by atoms with van der Waals surface area (Å²) in [6, 6.07) is 11.8. The van der Waals surface area contributed by atoms with Gasteiger partial charge in [-0.1, -0.05) is 18.2 Å². The third-order valence-electron chi connectivity index (χ3n) is 5.97. The van der Waals surface area contributed by atoms with E-state index in [1.54, 1.807) is 6.33 Å². The van der Waals surface area contributed by atoms with E-state index in [1.807, 2.05) is 35.2 Å². The van der Waals surface area contributed by atoms with Crippen LogP contribution in [0.5, 0.6) is 0 Å². The van der Waals surface area contributed by atoms with E-state index >= 15 is 0 Å². The number of nitriles is 1. The Labute approximate surface area is 174 Å². The molecule has 2 aliphatic rings. The number of hydrogen-bond donors (Lipinski definition) is 1. The molecule has 0 spiro atoms. The molecule has 0 radical (unpaired) electrons. The van der Waals surface area contributed by atoms with Crippen molar-refractivity contribution in [3.8, 4) is 6.07 Å². The molecule has 1 aromatic carbocycles. The van der Waals surface area contributed by atoms with Gasteiger partial charge in [-0.3, -0.25) is 0 Å².